The van der Waals surface area contributed by atoms with E-state index in [2.05, 4.69) is 15.6 Å². The van der Waals surface area contributed by atoms with Crippen LogP contribution in [0.25, 0.3) is 0 Å². The van der Waals surface area contributed by atoms with Crippen LogP contribution in [0, 0.1) is 18.7 Å². The van der Waals surface area contributed by atoms with E-state index in [1.54, 1.807) is 39.8 Å². The van der Waals surface area contributed by atoms with Crippen molar-refractivity contribution in [2.45, 2.75) is 59.1 Å². The molecule has 0 aliphatic carbocycles. The molecule has 1 fully saturated rings. The van der Waals surface area contributed by atoms with Gasteiger partial charge in [-0.15, -0.1) is 0 Å². The molecule has 2 atom stereocenters. The van der Waals surface area contributed by atoms with Gasteiger partial charge in [0, 0.05) is 11.6 Å². The van der Waals surface area contributed by atoms with Crippen LogP contribution in [-0.4, -0.2) is 39.9 Å². The van der Waals surface area contributed by atoms with Crippen LogP contribution in [-0.2, 0) is 14.3 Å². The topological polar surface area (TPSA) is 101 Å². The summed E-state index contributed by atoms with van der Waals surface area (Å²) in [6, 6.07) is 5.29. The van der Waals surface area contributed by atoms with Crippen molar-refractivity contribution in [2.24, 2.45) is 5.92 Å². The number of pyridine rings is 1. The monoisotopic (exact) mass is 504 g/mol. The Kier molecular flexibility index (Phi) is 8.00. The van der Waals surface area contributed by atoms with Gasteiger partial charge in [0.05, 0.1) is 17.9 Å². The third-order valence-corrected chi connectivity index (χ3v) is 5.72. The highest BCUT2D eigenvalue weighted by Crippen LogP contribution is 2.35. The van der Waals surface area contributed by atoms with Crippen molar-refractivity contribution in [3.8, 4) is 0 Å². The second-order valence-corrected chi connectivity index (χ2v) is 10.3. The van der Waals surface area contributed by atoms with E-state index < -0.39 is 35.4 Å². The summed E-state index contributed by atoms with van der Waals surface area (Å²) in [6.07, 6.45) is 2.11. The number of aromatic nitrogens is 1. The fraction of sp³-hybridized carbons (Fsp3) is 0.440. The van der Waals surface area contributed by atoms with Gasteiger partial charge in [0.15, 0.2) is 0 Å². The lowest BCUT2D eigenvalue weighted by Crippen LogP contribution is -2.46. The summed E-state index contributed by atoms with van der Waals surface area (Å²) in [5.41, 5.74) is 0.761. The predicted octanol–water partition coefficient (Wildman–Crippen LogP) is 5.47. The van der Waals surface area contributed by atoms with E-state index in [1.165, 1.54) is 23.2 Å². The number of piperidine rings is 1. The largest absolute Gasteiger partial charge is 0.444 e. The molecule has 2 N–H and O–H groups in total. The van der Waals surface area contributed by atoms with Crippen LogP contribution in [0.1, 0.15) is 57.7 Å². The molecule has 1 aliphatic heterocycles. The average Bonchev–Trinajstić information content (AvgIpc) is 2.73. The van der Waals surface area contributed by atoms with Gasteiger partial charge < -0.3 is 15.0 Å². The summed E-state index contributed by atoms with van der Waals surface area (Å²) in [4.78, 5) is 43.6. The molecule has 35 heavy (non-hydrogen) atoms. The Hall–Kier alpha value is -3.20. The maximum Gasteiger partial charge on any atom is 0.413 e. The number of benzene rings is 1. The normalized spacial score (nSPS) is 18.1. The average molecular weight is 505 g/mol. The Bertz CT molecular complexity index is 1110. The van der Waals surface area contributed by atoms with Crippen molar-refractivity contribution in [3.05, 3.63) is 52.4 Å². The summed E-state index contributed by atoms with van der Waals surface area (Å²) in [5, 5.41) is 5.36. The van der Waals surface area contributed by atoms with Crippen molar-refractivity contribution >= 4 is 41.0 Å². The molecule has 0 bridgehead atoms. The highest BCUT2D eigenvalue weighted by Gasteiger charge is 2.34. The molecule has 188 valence electrons. The number of amides is 3. The highest BCUT2D eigenvalue weighted by atomic mass is 35.5. The third-order valence-electron chi connectivity index (χ3n) is 5.50. The molecule has 0 radical (unpaired) electrons. The Morgan fingerprint density at radius 3 is 2.49 bits per heavy atom. The summed E-state index contributed by atoms with van der Waals surface area (Å²) in [7, 11) is 0. The Balaban J connectivity index is 1.73. The van der Waals surface area contributed by atoms with Crippen LogP contribution in [0.4, 0.5) is 20.7 Å². The van der Waals surface area contributed by atoms with Crippen molar-refractivity contribution in [1.29, 1.82) is 0 Å². The number of nitrogens with one attached hydrogen (secondary N) is 2. The van der Waals surface area contributed by atoms with E-state index in [1.807, 2.05) is 6.92 Å². The molecule has 0 saturated carbocycles. The zero-order valence-corrected chi connectivity index (χ0v) is 21.2. The summed E-state index contributed by atoms with van der Waals surface area (Å²) >= 11 is 6.02. The number of anilines is 2. The van der Waals surface area contributed by atoms with Crippen molar-refractivity contribution in [1.82, 2.24) is 9.88 Å². The molecular formula is C25H30ClFN4O4. The van der Waals surface area contributed by atoms with Crippen LogP contribution in [0.5, 0.6) is 0 Å². The molecule has 1 aromatic carbocycles. The number of carbonyl (C=O) groups is 3. The van der Waals surface area contributed by atoms with Crippen LogP contribution in [0.15, 0.2) is 30.5 Å². The minimum Gasteiger partial charge on any atom is -0.444 e. The van der Waals surface area contributed by atoms with Gasteiger partial charge in [-0.05, 0) is 81.8 Å². The summed E-state index contributed by atoms with van der Waals surface area (Å²) < 4.78 is 19.2. The molecule has 1 saturated heterocycles. The Labute approximate surface area is 209 Å². The Morgan fingerprint density at radius 1 is 1.14 bits per heavy atom. The number of nitrogens with zero attached hydrogens (tertiary/aromatic N) is 2. The van der Waals surface area contributed by atoms with Crippen molar-refractivity contribution in [2.75, 3.05) is 17.2 Å². The van der Waals surface area contributed by atoms with Gasteiger partial charge >= 0.3 is 17.9 Å². The van der Waals surface area contributed by atoms with Crippen LogP contribution >= 0.6 is 11.6 Å². The maximum atomic E-state index is 14.0. The molecule has 1 aromatic heterocycles. The molecule has 3 amide bonds. The second-order valence-electron chi connectivity index (χ2n) is 9.83. The van der Waals surface area contributed by atoms with E-state index in [-0.39, 0.29) is 16.8 Å². The van der Waals surface area contributed by atoms with Crippen molar-refractivity contribution in [3.63, 3.8) is 0 Å². The van der Waals surface area contributed by atoms with E-state index in [4.69, 9.17) is 16.3 Å². The summed E-state index contributed by atoms with van der Waals surface area (Å²) in [5.74, 6) is -1.59. The fourth-order valence-electron chi connectivity index (χ4n) is 3.98. The molecule has 2 heterocycles. The highest BCUT2D eigenvalue weighted by molar-refractivity contribution is 6.39. The molecule has 2 aromatic rings. The number of ether oxygens (including phenoxy) is 1. The molecule has 10 heteroatoms. The zero-order chi connectivity index (χ0) is 25.9. The number of likely N-dealkylation sites (tertiary alicyclic amines) is 1. The number of halogens is 2. The molecule has 8 nitrogen and oxygen atoms in total. The number of rotatable bonds is 3. The van der Waals surface area contributed by atoms with Crippen LogP contribution in [0.3, 0.4) is 0 Å². The standard InChI is InChI=1S/C25H30ClFN4O4/c1-14-6-7-20(16-9-17(26)11-18(27)10-16)31(13-14)23(33)22(32)29-19-8-15(2)21(28-12-19)30-24(34)35-25(3,4)5/h8-12,14,20H,6-7,13H2,1-5H3,(H,29,32)(H,28,30,34)/t14-,20+/m0/s1. The van der Waals surface area contributed by atoms with Gasteiger partial charge in [-0.1, -0.05) is 18.5 Å². The molecule has 0 unspecified atom stereocenters. The van der Waals surface area contributed by atoms with E-state index in [0.717, 1.165) is 6.42 Å². The molecular weight excluding hydrogens is 475 g/mol. The molecule has 0 spiro atoms. The number of aryl methyl sites for hydroxylation is 1. The molecule has 3 rings (SSSR count). The minimum atomic E-state index is -0.833. The molecule has 1 aliphatic rings. The first-order valence-corrected chi connectivity index (χ1v) is 11.7. The van der Waals surface area contributed by atoms with Gasteiger partial charge in [0.1, 0.15) is 17.2 Å². The summed E-state index contributed by atoms with van der Waals surface area (Å²) in [6.45, 7) is 9.31. The first-order valence-electron chi connectivity index (χ1n) is 11.4. The number of hydrogen-bond donors (Lipinski definition) is 2. The lowest BCUT2D eigenvalue weighted by molar-refractivity contribution is -0.146. The number of hydrogen-bond acceptors (Lipinski definition) is 5. The number of carbonyl (C=O) groups excluding carboxylic acids is 3. The lowest BCUT2D eigenvalue weighted by atomic mass is 9.89. The SMILES string of the molecule is Cc1cc(NC(=O)C(=O)N2C[C@@H](C)CC[C@@H]2c2cc(F)cc(Cl)c2)cnc1NC(=O)OC(C)(C)C. The first-order chi connectivity index (χ1) is 16.3. The van der Waals surface area contributed by atoms with Crippen LogP contribution < -0.4 is 10.6 Å². The van der Waals surface area contributed by atoms with Crippen LogP contribution in [0.2, 0.25) is 5.02 Å². The smallest absolute Gasteiger partial charge is 0.413 e. The van der Waals surface area contributed by atoms with Gasteiger partial charge in [-0.3, -0.25) is 14.9 Å². The van der Waals surface area contributed by atoms with Crippen molar-refractivity contribution < 1.29 is 23.5 Å². The fourth-order valence-corrected chi connectivity index (χ4v) is 4.21. The van der Waals surface area contributed by atoms with Gasteiger partial charge in [0.25, 0.3) is 0 Å². The zero-order valence-electron chi connectivity index (χ0n) is 20.4. The van der Waals surface area contributed by atoms with Gasteiger partial charge in [-0.2, -0.15) is 0 Å². The maximum absolute atomic E-state index is 14.0. The van der Waals surface area contributed by atoms with E-state index in [0.29, 0.717) is 29.8 Å². The lowest BCUT2D eigenvalue weighted by Gasteiger charge is -2.38. The van der Waals surface area contributed by atoms with E-state index in [9.17, 15) is 18.8 Å². The third kappa shape index (κ3) is 7.14. The first kappa shape index (κ1) is 26.4. The Morgan fingerprint density at radius 2 is 1.86 bits per heavy atom. The van der Waals surface area contributed by atoms with Gasteiger partial charge in [0.2, 0.25) is 0 Å². The quantitative estimate of drug-likeness (QED) is 0.540. The van der Waals surface area contributed by atoms with Gasteiger partial charge in [-0.25, -0.2) is 14.2 Å². The van der Waals surface area contributed by atoms with E-state index >= 15 is 0 Å². The predicted molar refractivity (Wildman–Crippen MR) is 132 cm³/mol. The second kappa shape index (κ2) is 10.6. The minimum absolute atomic E-state index is 0.189.